The molecule has 5 nitrogen and oxygen atoms in total. The Balaban J connectivity index is 0.00000289. The Morgan fingerprint density at radius 2 is 1.66 bits per heavy atom. The maximum atomic E-state index is 9.67. The first-order chi connectivity index (χ1) is 15.2. The first-order valence-electron chi connectivity index (χ1n) is 11.8. The number of hydrogen-bond donors (Lipinski definition) is 2. The van der Waals surface area contributed by atoms with E-state index in [0.29, 0.717) is 12.5 Å². The lowest BCUT2D eigenvalue weighted by atomic mass is 9.99. The lowest BCUT2D eigenvalue weighted by Crippen LogP contribution is -2.40. The number of rotatable bonds is 6. The first-order valence-corrected chi connectivity index (χ1v) is 11.8. The van der Waals surface area contributed by atoms with E-state index in [-0.39, 0.29) is 30.1 Å². The highest BCUT2D eigenvalue weighted by molar-refractivity contribution is 14.0. The van der Waals surface area contributed by atoms with E-state index in [9.17, 15) is 5.11 Å². The van der Waals surface area contributed by atoms with Gasteiger partial charge in [-0.1, -0.05) is 54.6 Å². The number of aliphatic hydroxyl groups is 1. The van der Waals surface area contributed by atoms with Crippen molar-refractivity contribution in [3.8, 4) is 0 Å². The van der Waals surface area contributed by atoms with Crippen molar-refractivity contribution in [1.82, 2.24) is 15.1 Å². The molecule has 2 aromatic rings. The van der Waals surface area contributed by atoms with Crippen LogP contribution in [0, 0.1) is 0 Å². The molecule has 2 fully saturated rings. The van der Waals surface area contributed by atoms with Crippen molar-refractivity contribution in [2.75, 3.05) is 32.7 Å². The number of likely N-dealkylation sites (tertiary alicyclic amines) is 2. The van der Waals surface area contributed by atoms with Crippen molar-refractivity contribution in [2.45, 2.75) is 51.3 Å². The lowest BCUT2D eigenvalue weighted by molar-refractivity contribution is 0.0792. The van der Waals surface area contributed by atoms with Gasteiger partial charge in [-0.15, -0.1) is 24.0 Å². The molecule has 2 aromatic carbocycles. The molecule has 0 aliphatic carbocycles. The van der Waals surface area contributed by atoms with E-state index in [0.717, 1.165) is 58.1 Å². The lowest BCUT2D eigenvalue weighted by Gasteiger charge is -2.29. The molecule has 0 aromatic heterocycles. The van der Waals surface area contributed by atoms with Crippen LogP contribution in [-0.2, 0) is 13.1 Å². The van der Waals surface area contributed by atoms with Crippen LogP contribution < -0.4 is 5.32 Å². The topological polar surface area (TPSA) is 51.1 Å². The van der Waals surface area contributed by atoms with Crippen molar-refractivity contribution in [3.05, 3.63) is 71.3 Å². The molecule has 6 heteroatoms. The second-order valence-electron chi connectivity index (χ2n) is 8.84. The fourth-order valence-electron chi connectivity index (χ4n) is 4.63. The van der Waals surface area contributed by atoms with Crippen molar-refractivity contribution in [2.24, 2.45) is 4.99 Å². The number of benzene rings is 2. The molecule has 0 bridgehead atoms. The molecule has 2 aliphatic heterocycles. The number of nitrogens with one attached hydrogen (secondary N) is 1. The molecule has 32 heavy (non-hydrogen) atoms. The van der Waals surface area contributed by atoms with Crippen LogP contribution in [0.15, 0.2) is 59.6 Å². The van der Waals surface area contributed by atoms with Crippen LogP contribution in [0.1, 0.15) is 48.8 Å². The minimum absolute atomic E-state index is 0. The van der Waals surface area contributed by atoms with Gasteiger partial charge in [-0.05, 0) is 42.9 Å². The average Bonchev–Trinajstić information content (AvgIpc) is 3.30. The normalized spacial score (nSPS) is 20.2. The molecule has 2 N–H and O–H groups in total. The Bertz CT molecular complexity index is 835. The van der Waals surface area contributed by atoms with E-state index in [1.165, 1.54) is 23.1 Å². The zero-order chi connectivity index (χ0) is 21.5. The third kappa shape index (κ3) is 6.93. The fourth-order valence-corrected chi connectivity index (χ4v) is 4.63. The minimum atomic E-state index is -0.110. The van der Waals surface area contributed by atoms with Crippen LogP contribution in [0.3, 0.4) is 0 Å². The maximum Gasteiger partial charge on any atom is 0.194 e. The Morgan fingerprint density at radius 3 is 2.34 bits per heavy atom. The monoisotopic (exact) mass is 548 g/mol. The van der Waals surface area contributed by atoms with Crippen LogP contribution in [0.5, 0.6) is 0 Å². The number of nitrogens with zero attached hydrogens (tertiary/aromatic N) is 3. The SMILES string of the molecule is CCNC(=NCc1ccc(CN2CCC(O)CC2)cc1)N1CCC(c2ccccc2)C1.I. The number of aliphatic hydroxyl groups excluding tert-OH is 1. The van der Waals surface area contributed by atoms with Gasteiger partial charge in [0, 0.05) is 45.2 Å². The Kier molecular flexibility index (Phi) is 9.81. The number of halogens is 1. The summed E-state index contributed by atoms with van der Waals surface area (Å²) in [6.07, 6.45) is 2.85. The first kappa shape index (κ1) is 25.0. The predicted octanol–water partition coefficient (Wildman–Crippen LogP) is 4.22. The molecule has 1 atom stereocenters. The molecule has 2 saturated heterocycles. The van der Waals surface area contributed by atoms with Gasteiger partial charge in [-0.2, -0.15) is 0 Å². The molecular weight excluding hydrogens is 511 g/mol. The zero-order valence-corrected chi connectivity index (χ0v) is 21.4. The summed E-state index contributed by atoms with van der Waals surface area (Å²) in [6, 6.07) is 19.7. The van der Waals surface area contributed by atoms with Gasteiger partial charge < -0.3 is 15.3 Å². The van der Waals surface area contributed by atoms with Crippen molar-refractivity contribution >= 4 is 29.9 Å². The second kappa shape index (κ2) is 12.6. The van der Waals surface area contributed by atoms with Crippen molar-refractivity contribution in [3.63, 3.8) is 0 Å². The van der Waals surface area contributed by atoms with Gasteiger partial charge in [0.1, 0.15) is 0 Å². The Morgan fingerprint density at radius 1 is 0.969 bits per heavy atom. The summed E-state index contributed by atoms with van der Waals surface area (Å²) in [5.74, 6) is 1.61. The van der Waals surface area contributed by atoms with Gasteiger partial charge in [0.25, 0.3) is 0 Å². The molecule has 174 valence electrons. The van der Waals surface area contributed by atoms with Crippen molar-refractivity contribution < 1.29 is 5.11 Å². The molecule has 2 aliphatic rings. The molecule has 0 amide bonds. The summed E-state index contributed by atoms with van der Waals surface area (Å²) in [7, 11) is 0. The molecule has 1 unspecified atom stereocenters. The zero-order valence-electron chi connectivity index (χ0n) is 19.1. The Labute approximate surface area is 209 Å². The number of hydrogen-bond acceptors (Lipinski definition) is 3. The van der Waals surface area contributed by atoms with E-state index < -0.39 is 0 Å². The second-order valence-corrected chi connectivity index (χ2v) is 8.84. The largest absolute Gasteiger partial charge is 0.393 e. The predicted molar refractivity (Wildman–Crippen MR) is 143 cm³/mol. The van der Waals surface area contributed by atoms with Gasteiger partial charge in [-0.3, -0.25) is 4.90 Å². The van der Waals surface area contributed by atoms with Crippen LogP contribution in [-0.4, -0.2) is 59.7 Å². The quantitative estimate of drug-likeness (QED) is 0.323. The van der Waals surface area contributed by atoms with Gasteiger partial charge in [0.2, 0.25) is 0 Å². The fraction of sp³-hybridized carbons (Fsp3) is 0.500. The van der Waals surface area contributed by atoms with Crippen LogP contribution in [0.25, 0.3) is 0 Å². The standard InChI is InChI=1S/C26H36N4O.HI/c1-2-27-26(30-17-12-24(20-30)23-6-4-3-5-7-23)28-18-21-8-10-22(11-9-21)19-29-15-13-25(31)14-16-29;/h3-11,24-25,31H,2,12-20H2,1H3,(H,27,28);1H. The van der Waals surface area contributed by atoms with Gasteiger partial charge in [-0.25, -0.2) is 4.99 Å². The summed E-state index contributed by atoms with van der Waals surface area (Å²) >= 11 is 0. The average molecular weight is 549 g/mol. The van der Waals surface area contributed by atoms with Crippen LogP contribution in [0.2, 0.25) is 0 Å². The third-order valence-corrected chi connectivity index (χ3v) is 6.49. The number of guanidine groups is 1. The molecule has 0 saturated carbocycles. The van der Waals surface area contributed by atoms with Crippen molar-refractivity contribution in [1.29, 1.82) is 0 Å². The van der Waals surface area contributed by atoms with E-state index in [2.05, 4.69) is 76.6 Å². The highest BCUT2D eigenvalue weighted by Gasteiger charge is 2.25. The molecule has 0 spiro atoms. The summed E-state index contributed by atoms with van der Waals surface area (Å²) < 4.78 is 0. The molecular formula is C26H37IN4O. The summed E-state index contributed by atoms with van der Waals surface area (Å²) in [5.41, 5.74) is 4.01. The maximum absolute atomic E-state index is 9.67. The highest BCUT2D eigenvalue weighted by Crippen LogP contribution is 2.27. The molecule has 4 rings (SSSR count). The summed E-state index contributed by atoms with van der Waals surface area (Å²) in [6.45, 7) is 8.73. The van der Waals surface area contributed by atoms with E-state index in [1.54, 1.807) is 0 Å². The number of piperidine rings is 1. The molecule has 0 radical (unpaired) electrons. The summed E-state index contributed by atoms with van der Waals surface area (Å²) in [4.78, 5) is 9.77. The number of aliphatic imine (C=N–C) groups is 1. The smallest absolute Gasteiger partial charge is 0.194 e. The van der Waals surface area contributed by atoms with Crippen LogP contribution >= 0.6 is 24.0 Å². The van der Waals surface area contributed by atoms with Crippen LogP contribution in [0.4, 0.5) is 0 Å². The van der Waals surface area contributed by atoms with Gasteiger partial charge in [0.15, 0.2) is 5.96 Å². The summed E-state index contributed by atoms with van der Waals surface area (Å²) in [5, 5.41) is 13.2. The minimum Gasteiger partial charge on any atom is -0.393 e. The van der Waals surface area contributed by atoms with Gasteiger partial charge in [0.05, 0.1) is 12.6 Å². The highest BCUT2D eigenvalue weighted by atomic mass is 127. The molecule has 2 heterocycles. The van der Waals surface area contributed by atoms with E-state index >= 15 is 0 Å². The van der Waals surface area contributed by atoms with Gasteiger partial charge >= 0.3 is 0 Å². The van der Waals surface area contributed by atoms with E-state index in [4.69, 9.17) is 4.99 Å². The van der Waals surface area contributed by atoms with E-state index in [1.807, 2.05) is 0 Å². The third-order valence-electron chi connectivity index (χ3n) is 6.49. The Hall–Kier alpha value is -1.64.